The number of hydrogen-bond acceptors (Lipinski definition) is 4. The van der Waals surface area contributed by atoms with Gasteiger partial charge < -0.3 is 0 Å². The van der Waals surface area contributed by atoms with Crippen molar-refractivity contribution in [3.63, 3.8) is 0 Å². The SMILES string of the molecule is Brc1ccc2c(c1)N=NN(n1cccn1)C2. The summed E-state index contributed by atoms with van der Waals surface area (Å²) in [4.78, 5) is 1.66. The van der Waals surface area contributed by atoms with Crippen LogP contribution in [0.4, 0.5) is 5.69 Å². The topological polar surface area (TPSA) is 45.8 Å². The first-order valence-electron chi connectivity index (χ1n) is 4.80. The van der Waals surface area contributed by atoms with E-state index < -0.39 is 0 Å². The first-order chi connectivity index (χ1) is 7.83. The molecule has 0 fully saturated rings. The second kappa shape index (κ2) is 3.71. The van der Waals surface area contributed by atoms with Gasteiger partial charge in [0.05, 0.1) is 24.6 Å². The van der Waals surface area contributed by atoms with E-state index in [0.29, 0.717) is 6.54 Å². The minimum Gasteiger partial charge on any atom is -0.162 e. The summed E-state index contributed by atoms with van der Waals surface area (Å²) in [6.45, 7) is 0.674. The van der Waals surface area contributed by atoms with Crippen molar-refractivity contribution in [2.75, 3.05) is 5.12 Å². The molecule has 0 bridgehead atoms. The Balaban J connectivity index is 1.96. The largest absolute Gasteiger partial charge is 0.162 e. The molecular weight excluding hydrogens is 270 g/mol. The van der Waals surface area contributed by atoms with Crippen molar-refractivity contribution in [1.82, 2.24) is 9.89 Å². The Labute approximate surface area is 100 Å². The Kier molecular flexibility index (Phi) is 2.21. The molecular formula is C10H8BrN5. The number of nitrogens with zero attached hydrogens (tertiary/aromatic N) is 5. The van der Waals surface area contributed by atoms with Crippen LogP contribution in [0.25, 0.3) is 0 Å². The second-order valence-corrected chi connectivity index (χ2v) is 4.33. The molecule has 0 radical (unpaired) electrons. The maximum absolute atomic E-state index is 4.15. The number of benzene rings is 1. The summed E-state index contributed by atoms with van der Waals surface area (Å²) in [5.74, 6) is 0. The number of rotatable bonds is 1. The molecule has 1 aromatic heterocycles. The Morgan fingerprint density at radius 2 is 2.25 bits per heavy atom. The molecule has 1 aromatic carbocycles. The average Bonchev–Trinajstić information content (AvgIpc) is 2.82. The number of hydrogen-bond donors (Lipinski definition) is 0. The smallest absolute Gasteiger partial charge is 0.0937 e. The van der Waals surface area contributed by atoms with Crippen LogP contribution in [0.3, 0.4) is 0 Å². The van der Waals surface area contributed by atoms with Gasteiger partial charge in [-0.3, -0.25) is 0 Å². The van der Waals surface area contributed by atoms with E-state index in [0.717, 1.165) is 15.7 Å². The first kappa shape index (κ1) is 9.53. The van der Waals surface area contributed by atoms with Crippen LogP contribution < -0.4 is 5.12 Å². The molecule has 3 rings (SSSR count). The van der Waals surface area contributed by atoms with E-state index in [1.807, 2.05) is 30.5 Å². The molecule has 0 atom stereocenters. The van der Waals surface area contributed by atoms with Gasteiger partial charge in [-0.1, -0.05) is 22.0 Å². The Hall–Kier alpha value is -1.69. The minimum atomic E-state index is 0.674. The van der Waals surface area contributed by atoms with Crippen LogP contribution in [0.5, 0.6) is 0 Å². The zero-order chi connectivity index (χ0) is 11.0. The summed E-state index contributed by atoms with van der Waals surface area (Å²) >= 11 is 3.41. The van der Waals surface area contributed by atoms with Gasteiger partial charge in [-0.05, 0) is 23.4 Å². The molecule has 6 heteroatoms. The third-order valence-corrected chi connectivity index (χ3v) is 2.84. The number of aromatic nitrogens is 2. The maximum atomic E-state index is 4.15. The molecule has 0 N–H and O–H groups in total. The van der Waals surface area contributed by atoms with Crippen LogP contribution >= 0.6 is 15.9 Å². The molecule has 2 heterocycles. The van der Waals surface area contributed by atoms with E-state index in [-0.39, 0.29) is 0 Å². The van der Waals surface area contributed by atoms with Crippen molar-refractivity contribution in [3.8, 4) is 0 Å². The second-order valence-electron chi connectivity index (χ2n) is 3.42. The van der Waals surface area contributed by atoms with Crippen molar-refractivity contribution in [3.05, 3.63) is 46.7 Å². The van der Waals surface area contributed by atoms with Crippen molar-refractivity contribution >= 4 is 21.6 Å². The van der Waals surface area contributed by atoms with Gasteiger partial charge in [0, 0.05) is 10.0 Å². The van der Waals surface area contributed by atoms with Gasteiger partial charge in [0.25, 0.3) is 0 Å². The van der Waals surface area contributed by atoms with Crippen LogP contribution in [-0.4, -0.2) is 9.89 Å². The molecule has 0 saturated carbocycles. The third kappa shape index (κ3) is 1.61. The summed E-state index contributed by atoms with van der Waals surface area (Å²) in [6.07, 6.45) is 3.55. The lowest BCUT2D eigenvalue weighted by atomic mass is 10.2. The van der Waals surface area contributed by atoms with E-state index in [2.05, 4.69) is 31.4 Å². The molecule has 0 amide bonds. The quantitative estimate of drug-likeness (QED) is 0.805. The van der Waals surface area contributed by atoms with Crippen molar-refractivity contribution < 1.29 is 0 Å². The molecule has 80 valence electrons. The molecule has 0 unspecified atom stereocenters. The predicted molar refractivity (Wildman–Crippen MR) is 62.8 cm³/mol. The van der Waals surface area contributed by atoms with Crippen LogP contribution in [0.1, 0.15) is 5.56 Å². The lowest BCUT2D eigenvalue weighted by Gasteiger charge is -2.21. The molecule has 5 nitrogen and oxygen atoms in total. The normalized spacial score (nSPS) is 13.9. The van der Waals surface area contributed by atoms with E-state index in [9.17, 15) is 0 Å². The van der Waals surface area contributed by atoms with E-state index in [4.69, 9.17) is 0 Å². The lowest BCUT2D eigenvalue weighted by Crippen LogP contribution is -2.29. The lowest BCUT2D eigenvalue weighted by molar-refractivity contribution is 0.514. The summed E-state index contributed by atoms with van der Waals surface area (Å²) in [5.41, 5.74) is 2.03. The van der Waals surface area contributed by atoms with Gasteiger partial charge in [-0.2, -0.15) is 15.0 Å². The fourth-order valence-electron chi connectivity index (χ4n) is 1.56. The Morgan fingerprint density at radius 3 is 3.06 bits per heavy atom. The Bertz CT molecular complexity index is 534. The highest BCUT2D eigenvalue weighted by Gasteiger charge is 2.14. The zero-order valence-electron chi connectivity index (χ0n) is 8.29. The van der Waals surface area contributed by atoms with Gasteiger partial charge in [-0.15, -0.1) is 5.11 Å². The van der Waals surface area contributed by atoms with Crippen molar-refractivity contribution in [2.24, 2.45) is 10.3 Å². The van der Waals surface area contributed by atoms with Gasteiger partial charge in [0.1, 0.15) is 0 Å². The molecule has 1 aliphatic rings. The third-order valence-electron chi connectivity index (χ3n) is 2.34. The highest BCUT2D eigenvalue weighted by Crippen LogP contribution is 2.28. The summed E-state index contributed by atoms with van der Waals surface area (Å²) < 4.78 is 1.01. The van der Waals surface area contributed by atoms with E-state index >= 15 is 0 Å². The number of fused-ring (bicyclic) bond motifs is 1. The molecule has 0 saturated heterocycles. The highest BCUT2D eigenvalue weighted by molar-refractivity contribution is 9.10. The first-order valence-corrected chi connectivity index (χ1v) is 5.60. The van der Waals surface area contributed by atoms with Crippen LogP contribution in [0.15, 0.2) is 51.5 Å². The highest BCUT2D eigenvalue weighted by atomic mass is 79.9. The van der Waals surface area contributed by atoms with E-state index in [1.165, 1.54) is 0 Å². The average molecular weight is 278 g/mol. The monoisotopic (exact) mass is 277 g/mol. The molecule has 0 spiro atoms. The number of halogens is 1. The van der Waals surface area contributed by atoms with Crippen molar-refractivity contribution in [2.45, 2.75) is 6.54 Å². The summed E-state index contributed by atoms with van der Waals surface area (Å²) in [6, 6.07) is 7.85. The maximum Gasteiger partial charge on any atom is 0.0937 e. The fourth-order valence-corrected chi connectivity index (χ4v) is 1.91. The standard InChI is InChI=1S/C10H8BrN5/c11-9-3-2-8-7-16(14-13-10(8)6-9)15-5-1-4-12-15/h1-6H,7H2. The molecule has 1 aliphatic heterocycles. The van der Waals surface area contributed by atoms with Crippen LogP contribution in [0, 0.1) is 0 Å². The zero-order valence-corrected chi connectivity index (χ0v) is 9.87. The van der Waals surface area contributed by atoms with Gasteiger partial charge in [-0.25, -0.2) is 0 Å². The minimum absolute atomic E-state index is 0.674. The predicted octanol–water partition coefficient (Wildman–Crippen LogP) is 2.80. The molecule has 16 heavy (non-hydrogen) atoms. The van der Waals surface area contributed by atoms with Gasteiger partial charge in [0.15, 0.2) is 0 Å². The summed E-state index contributed by atoms with van der Waals surface area (Å²) in [7, 11) is 0. The van der Waals surface area contributed by atoms with Crippen molar-refractivity contribution in [1.29, 1.82) is 0 Å². The van der Waals surface area contributed by atoms with E-state index in [1.54, 1.807) is 16.1 Å². The molecule has 0 aliphatic carbocycles. The van der Waals surface area contributed by atoms with Crippen LogP contribution in [0.2, 0.25) is 0 Å². The summed E-state index contributed by atoms with van der Waals surface area (Å²) in [5, 5.41) is 14.1. The fraction of sp³-hybridized carbons (Fsp3) is 0.100. The molecule has 2 aromatic rings. The van der Waals surface area contributed by atoms with Gasteiger partial charge in [0.2, 0.25) is 0 Å². The Morgan fingerprint density at radius 1 is 1.31 bits per heavy atom. The van der Waals surface area contributed by atoms with Gasteiger partial charge >= 0.3 is 0 Å². The van der Waals surface area contributed by atoms with Crippen LogP contribution in [-0.2, 0) is 6.54 Å².